The zero-order chi connectivity index (χ0) is 43.1. The highest BCUT2D eigenvalue weighted by Gasteiger charge is 2.43. The minimum absolute atomic E-state index is 0.00223. The number of cyclic esters (lactones) is 1. The Morgan fingerprint density at radius 3 is 2.33 bits per heavy atom. The predicted molar refractivity (Wildman–Crippen MR) is 227 cm³/mol. The van der Waals surface area contributed by atoms with Crippen LogP contribution in [0.1, 0.15) is 100.0 Å². The number of ether oxygens (including phenoxy) is 2. The lowest BCUT2D eigenvalue weighted by atomic mass is 9.81. The third-order valence-corrected chi connectivity index (χ3v) is 13.3. The molecule has 3 aliphatic rings. The number of likely N-dealkylation sites (N-methyl/N-ethyl adjacent to an activating group) is 1. The molecule has 1 saturated heterocycles. The highest BCUT2D eigenvalue weighted by molar-refractivity contribution is 8.14. The topological polar surface area (TPSA) is 167 Å². The van der Waals surface area contributed by atoms with Crippen LogP contribution in [-0.4, -0.2) is 118 Å². The van der Waals surface area contributed by atoms with Gasteiger partial charge in [0.1, 0.15) is 36.0 Å². The molecule has 322 valence electrons. The summed E-state index contributed by atoms with van der Waals surface area (Å²) in [5.41, 5.74) is 0.753. The van der Waals surface area contributed by atoms with E-state index in [9.17, 15) is 29.1 Å². The van der Waals surface area contributed by atoms with E-state index in [0.29, 0.717) is 55.7 Å². The van der Waals surface area contributed by atoms with Gasteiger partial charge in [-0.3, -0.25) is 24.2 Å². The van der Waals surface area contributed by atoms with Crippen molar-refractivity contribution in [2.24, 2.45) is 28.2 Å². The van der Waals surface area contributed by atoms with Gasteiger partial charge in [-0.05, 0) is 74.5 Å². The van der Waals surface area contributed by atoms with E-state index in [2.05, 4.69) is 10.6 Å². The van der Waals surface area contributed by atoms with Gasteiger partial charge in [0.2, 0.25) is 23.6 Å². The van der Waals surface area contributed by atoms with Gasteiger partial charge in [-0.15, -0.1) is 11.8 Å². The quantitative estimate of drug-likeness (QED) is 0.349. The van der Waals surface area contributed by atoms with E-state index < -0.39 is 65.5 Å². The molecule has 3 N–H and O–H groups in total. The first-order chi connectivity index (χ1) is 27.2. The van der Waals surface area contributed by atoms with Crippen LogP contribution in [0, 0.1) is 23.2 Å². The molecule has 0 radical (unpaired) electrons. The number of thioether (sulfide) groups is 1. The van der Waals surface area contributed by atoms with Gasteiger partial charge < -0.3 is 35.0 Å². The number of esters is 1. The van der Waals surface area contributed by atoms with Crippen molar-refractivity contribution in [3.63, 3.8) is 0 Å². The number of methoxy groups -OCH3 is 1. The molecule has 1 aromatic carbocycles. The minimum atomic E-state index is -1.03. The summed E-state index contributed by atoms with van der Waals surface area (Å²) in [4.78, 5) is 78.0. The summed E-state index contributed by atoms with van der Waals surface area (Å²) in [6, 6.07) is 3.10. The largest absolute Gasteiger partial charge is 0.497 e. The molecule has 10 atom stereocenters. The highest BCUT2D eigenvalue weighted by Crippen LogP contribution is 2.34. The van der Waals surface area contributed by atoms with Gasteiger partial charge >= 0.3 is 5.97 Å². The first-order valence-electron chi connectivity index (χ1n) is 20.8. The molecular weight excluding hydrogens is 759 g/mol. The standard InChI is InChI=1S/C44H67N5O8S/c1-12-26(3)37-42(54)49-19-13-14-34(49)43(55)57-36(44(7,8)9)21-25(2)20-35(50)28(5)40-45-31(24-58-40)22-27(4)38(51)46-33(23-30-15-17-32(56-11)18-16-30)41(53)48(10)29(6)39(52)47-37/h15-18,22,25-26,28-29,31,33-37,50H,12-14,19-21,23-24H2,1-11H3,(H,46,51)(H,47,52)/b27-22-/t25-,26-,28-,29-,31-,33-,34-,35-,36-,37-/m0/s1. The molecule has 58 heavy (non-hydrogen) atoms. The van der Waals surface area contributed by atoms with E-state index >= 15 is 0 Å². The SMILES string of the molecule is CC[C@H](C)[C@@H]1NC(=O)[C@H](C)N(C)C(=O)[C@H](Cc2ccc(OC)cc2)NC(=O)/C(C)=C\[C@H]2CSC(=N2)[C@@H](C)[C@@H](O)C[C@H](C)C[C@@H](C(C)(C)C)OC(=O)[C@@H]2CCCN2C1=O. The molecule has 0 spiro atoms. The normalized spacial score (nSPS) is 31.8. The molecule has 4 amide bonds. The van der Waals surface area contributed by atoms with Crippen LogP contribution in [0.2, 0.25) is 0 Å². The van der Waals surface area contributed by atoms with Crippen LogP contribution in [0.25, 0.3) is 0 Å². The number of amides is 4. The van der Waals surface area contributed by atoms with E-state index in [1.165, 1.54) is 11.9 Å². The number of benzene rings is 1. The Kier molecular flexibility index (Phi) is 16.4. The smallest absolute Gasteiger partial charge is 0.329 e. The fraction of sp³-hybridized carbons (Fsp3) is 0.682. The number of aliphatic hydroxyl groups excluding tert-OH is 1. The van der Waals surface area contributed by atoms with Gasteiger partial charge in [0.15, 0.2) is 0 Å². The lowest BCUT2D eigenvalue weighted by molar-refractivity contribution is -0.165. The van der Waals surface area contributed by atoms with Crippen LogP contribution >= 0.6 is 11.8 Å². The summed E-state index contributed by atoms with van der Waals surface area (Å²) in [6.07, 6.45) is 3.38. The Hall–Kier alpha value is -3.91. The maximum absolute atomic E-state index is 14.3. The van der Waals surface area contributed by atoms with E-state index in [1.807, 2.05) is 60.6 Å². The maximum Gasteiger partial charge on any atom is 0.329 e. The molecule has 0 unspecified atom stereocenters. The lowest BCUT2D eigenvalue weighted by Gasteiger charge is -2.36. The molecule has 1 fully saturated rings. The summed E-state index contributed by atoms with van der Waals surface area (Å²) in [5.74, 6) is -1.57. The zero-order valence-electron chi connectivity index (χ0n) is 36.4. The molecule has 2 bridgehead atoms. The van der Waals surface area contributed by atoms with Crippen molar-refractivity contribution in [1.82, 2.24) is 20.4 Å². The van der Waals surface area contributed by atoms with Crippen LogP contribution in [0.3, 0.4) is 0 Å². The molecule has 0 aliphatic carbocycles. The van der Waals surface area contributed by atoms with Crippen molar-refractivity contribution < 1.29 is 38.6 Å². The second-order valence-corrected chi connectivity index (χ2v) is 18.7. The van der Waals surface area contributed by atoms with Gasteiger partial charge in [-0.2, -0.15) is 0 Å². The van der Waals surface area contributed by atoms with Crippen molar-refractivity contribution in [3.8, 4) is 5.75 Å². The molecule has 3 aliphatic heterocycles. The number of rotatable bonds is 5. The second kappa shape index (κ2) is 20.4. The fourth-order valence-corrected chi connectivity index (χ4v) is 8.78. The van der Waals surface area contributed by atoms with Crippen molar-refractivity contribution in [3.05, 3.63) is 41.5 Å². The van der Waals surface area contributed by atoms with E-state index in [0.717, 1.165) is 10.6 Å². The van der Waals surface area contributed by atoms with E-state index in [-0.39, 0.29) is 36.1 Å². The molecule has 1 aromatic rings. The molecular formula is C44H67N5O8S. The third-order valence-electron chi connectivity index (χ3n) is 12.0. The number of hydrogen-bond acceptors (Lipinski definition) is 10. The van der Waals surface area contributed by atoms with Crippen molar-refractivity contribution in [2.45, 2.75) is 143 Å². The van der Waals surface area contributed by atoms with Gasteiger partial charge in [-0.25, -0.2) is 4.79 Å². The first kappa shape index (κ1) is 46.8. The Morgan fingerprint density at radius 2 is 1.71 bits per heavy atom. The third kappa shape index (κ3) is 11.9. The predicted octanol–water partition coefficient (Wildman–Crippen LogP) is 4.94. The summed E-state index contributed by atoms with van der Waals surface area (Å²) >= 11 is 1.56. The molecule has 13 nitrogen and oxygen atoms in total. The van der Waals surface area contributed by atoms with Gasteiger partial charge in [0, 0.05) is 37.3 Å². The van der Waals surface area contributed by atoms with Crippen LogP contribution in [0.4, 0.5) is 0 Å². The van der Waals surface area contributed by atoms with Crippen molar-refractivity contribution in [1.29, 1.82) is 0 Å². The maximum atomic E-state index is 14.3. The second-order valence-electron chi connectivity index (χ2n) is 17.7. The Bertz CT molecular complexity index is 1690. The number of carbonyl (C=O) groups is 5. The van der Waals surface area contributed by atoms with E-state index in [1.54, 1.807) is 55.8 Å². The van der Waals surface area contributed by atoms with E-state index in [4.69, 9.17) is 14.5 Å². The Balaban J connectivity index is 1.71. The number of aliphatic hydroxyl groups is 1. The summed E-state index contributed by atoms with van der Waals surface area (Å²) in [5, 5.41) is 18.1. The lowest BCUT2D eigenvalue weighted by Crippen LogP contribution is -2.59. The monoisotopic (exact) mass is 825 g/mol. The number of carbonyl (C=O) groups excluding carboxylic acids is 5. The summed E-state index contributed by atoms with van der Waals surface area (Å²) < 4.78 is 11.6. The molecule has 3 heterocycles. The zero-order valence-corrected chi connectivity index (χ0v) is 37.2. The summed E-state index contributed by atoms with van der Waals surface area (Å²) in [7, 11) is 3.07. The molecule has 0 aromatic heterocycles. The molecule has 0 saturated carbocycles. The number of nitrogens with zero attached hydrogens (tertiary/aromatic N) is 3. The average Bonchev–Trinajstić information content (AvgIpc) is 3.87. The van der Waals surface area contributed by atoms with Crippen LogP contribution in [0.5, 0.6) is 5.75 Å². The van der Waals surface area contributed by atoms with Gasteiger partial charge in [0.05, 0.1) is 24.3 Å². The number of aliphatic imine (C=N–C) groups is 1. The van der Waals surface area contributed by atoms with Crippen LogP contribution in [-0.2, 0) is 35.1 Å². The van der Waals surface area contributed by atoms with Crippen LogP contribution in [0.15, 0.2) is 40.9 Å². The van der Waals surface area contributed by atoms with Crippen LogP contribution < -0.4 is 15.4 Å². The van der Waals surface area contributed by atoms with Gasteiger partial charge in [0.25, 0.3) is 0 Å². The Labute approximate surface area is 349 Å². The molecule has 14 heteroatoms. The first-order valence-corrected chi connectivity index (χ1v) is 21.8. The Morgan fingerprint density at radius 1 is 1.03 bits per heavy atom. The highest BCUT2D eigenvalue weighted by atomic mass is 32.2. The minimum Gasteiger partial charge on any atom is -0.497 e. The number of nitrogens with one attached hydrogen (secondary N) is 2. The molecule has 4 rings (SSSR count). The van der Waals surface area contributed by atoms with Gasteiger partial charge in [-0.1, -0.05) is 73.1 Å². The summed E-state index contributed by atoms with van der Waals surface area (Å²) in [6.45, 7) is 17.5. The number of fused-ring (bicyclic) bond motifs is 2. The number of hydrogen-bond donors (Lipinski definition) is 3. The van der Waals surface area contributed by atoms with Crippen molar-refractivity contribution in [2.75, 3.05) is 26.5 Å². The fourth-order valence-electron chi connectivity index (χ4n) is 7.64. The average molecular weight is 826 g/mol. The van der Waals surface area contributed by atoms with Crippen molar-refractivity contribution >= 4 is 46.4 Å².